The highest BCUT2D eigenvalue weighted by Crippen LogP contribution is 2.39. The lowest BCUT2D eigenvalue weighted by atomic mass is 10.1. The molecule has 1 aliphatic rings. The second kappa shape index (κ2) is 8.13. The maximum Gasteiger partial charge on any atom is 0.293 e. The number of carbonyl (C=O) groups excluding carboxylic acids is 2. The predicted octanol–water partition coefficient (Wildman–Crippen LogP) is 3.81. The number of amides is 2. The van der Waals surface area contributed by atoms with Crippen LogP contribution in [0.1, 0.15) is 19.4 Å². The topological polar surface area (TPSA) is 55.8 Å². The van der Waals surface area contributed by atoms with E-state index in [2.05, 4.69) is 5.92 Å². The summed E-state index contributed by atoms with van der Waals surface area (Å²) in [5.74, 6) is 2.85. The average molecular weight is 366 g/mol. The molecular weight excluding hydrogens is 350 g/mol. The quantitative estimate of drug-likeness (QED) is 0.566. The fourth-order valence-electron chi connectivity index (χ4n) is 2.11. The molecule has 0 atom stereocenters. The number of likely N-dealkylation sites (N-methyl/N-ethyl adjacent to an activating group) is 1. The number of benzene rings is 1. The van der Waals surface area contributed by atoms with E-state index in [4.69, 9.17) is 27.5 Å². The van der Waals surface area contributed by atoms with Crippen molar-refractivity contribution in [1.29, 1.82) is 0 Å². The highest BCUT2D eigenvalue weighted by Gasteiger charge is 2.33. The fraction of sp³-hybridized carbons (Fsp3) is 0.294. The second-order valence-corrected chi connectivity index (χ2v) is 6.08. The van der Waals surface area contributed by atoms with Gasteiger partial charge in [-0.25, -0.2) is 0 Å². The van der Waals surface area contributed by atoms with Crippen LogP contribution in [0.15, 0.2) is 17.0 Å². The third-order valence-electron chi connectivity index (χ3n) is 3.12. The van der Waals surface area contributed by atoms with Crippen LogP contribution in [0, 0.1) is 12.3 Å². The lowest BCUT2D eigenvalue weighted by Crippen LogP contribution is -2.27. The predicted molar refractivity (Wildman–Crippen MR) is 95.3 cm³/mol. The van der Waals surface area contributed by atoms with Crippen molar-refractivity contribution < 1.29 is 19.1 Å². The summed E-state index contributed by atoms with van der Waals surface area (Å²) >= 11 is 7.14. The number of hydrogen-bond acceptors (Lipinski definition) is 5. The van der Waals surface area contributed by atoms with Crippen LogP contribution in [-0.4, -0.2) is 35.8 Å². The first-order chi connectivity index (χ1) is 11.5. The molecule has 1 aliphatic heterocycles. The third-order valence-corrected chi connectivity index (χ3v) is 4.31. The van der Waals surface area contributed by atoms with Gasteiger partial charge < -0.3 is 9.47 Å². The lowest BCUT2D eigenvalue weighted by molar-refractivity contribution is -0.122. The van der Waals surface area contributed by atoms with Crippen molar-refractivity contribution in [2.75, 3.05) is 19.8 Å². The minimum Gasteiger partial charge on any atom is -0.490 e. The van der Waals surface area contributed by atoms with E-state index in [9.17, 15) is 9.59 Å². The van der Waals surface area contributed by atoms with Gasteiger partial charge in [-0.2, -0.15) is 0 Å². The van der Waals surface area contributed by atoms with E-state index in [0.717, 1.165) is 11.8 Å². The molecule has 126 valence electrons. The standard InChI is InChI=1S/C17H16ClNO4S/c1-4-7-23-15-12(18)8-11(9-13(15)22-6-3)10-14-16(20)19(5-2)17(21)24-14/h1,8-10H,5-7H2,2-3H3/b14-10+. The maximum absolute atomic E-state index is 12.2. The highest BCUT2D eigenvalue weighted by molar-refractivity contribution is 8.18. The zero-order valence-electron chi connectivity index (χ0n) is 13.3. The summed E-state index contributed by atoms with van der Waals surface area (Å²) < 4.78 is 11.0. The van der Waals surface area contributed by atoms with E-state index >= 15 is 0 Å². The molecule has 1 aromatic rings. The first kappa shape index (κ1) is 18.2. The fourth-order valence-corrected chi connectivity index (χ4v) is 3.29. The molecule has 0 unspecified atom stereocenters. The summed E-state index contributed by atoms with van der Waals surface area (Å²) in [5, 5.41) is 0.0380. The van der Waals surface area contributed by atoms with Crippen LogP contribution in [0.25, 0.3) is 6.08 Å². The molecule has 7 heteroatoms. The van der Waals surface area contributed by atoms with E-state index in [0.29, 0.717) is 40.1 Å². The zero-order valence-corrected chi connectivity index (χ0v) is 14.9. The van der Waals surface area contributed by atoms with Gasteiger partial charge in [0.15, 0.2) is 11.5 Å². The number of carbonyl (C=O) groups is 2. The number of nitrogens with zero attached hydrogens (tertiary/aromatic N) is 1. The summed E-state index contributed by atoms with van der Waals surface area (Å²) in [6.07, 6.45) is 6.81. The Morgan fingerprint density at radius 2 is 2.08 bits per heavy atom. The minimum atomic E-state index is -0.311. The van der Waals surface area contributed by atoms with Gasteiger partial charge in [0.25, 0.3) is 11.1 Å². The molecule has 0 bridgehead atoms. The van der Waals surface area contributed by atoms with Crippen molar-refractivity contribution in [2.24, 2.45) is 0 Å². The van der Waals surface area contributed by atoms with Crippen LogP contribution < -0.4 is 9.47 Å². The molecule has 0 N–H and O–H groups in total. The molecule has 0 radical (unpaired) electrons. The van der Waals surface area contributed by atoms with Crippen LogP contribution in [-0.2, 0) is 4.79 Å². The van der Waals surface area contributed by atoms with E-state index < -0.39 is 0 Å². The van der Waals surface area contributed by atoms with Crippen LogP contribution >= 0.6 is 23.4 Å². The number of hydrogen-bond donors (Lipinski definition) is 0. The number of halogens is 1. The summed E-state index contributed by atoms with van der Waals surface area (Å²) in [5.41, 5.74) is 0.637. The molecule has 5 nitrogen and oxygen atoms in total. The SMILES string of the molecule is C#CCOc1c(Cl)cc(/C=C2/SC(=O)N(CC)C2=O)cc1OCC. The molecule has 1 heterocycles. The second-order valence-electron chi connectivity index (χ2n) is 4.68. The molecule has 0 saturated carbocycles. The Labute approximate surface area is 149 Å². The molecule has 0 aromatic heterocycles. The number of imide groups is 1. The molecule has 1 aromatic carbocycles. The summed E-state index contributed by atoms with van der Waals surface area (Å²) in [6, 6.07) is 3.33. The Balaban J connectivity index is 2.38. The van der Waals surface area contributed by atoms with Crippen LogP contribution in [0.4, 0.5) is 4.79 Å². The maximum atomic E-state index is 12.2. The van der Waals surface area contributed by atoms with Crippen molar-refractivity contribution in [3.63, 3.8) is 0 Å². The van der Waals surface area contributed by atoms with Crippen molar-refractivity contribution in [1.82, 2.24) is 4.90 Å². The van der Waals surface area contributed by atoms with Crippen LogP contribution in [0.2, 0.25) is 5.02 Å². The normalized spacial score (nSPS) is 15.8. The van der Waals surface area contributed by atoms with Gasteiger partial charge >= 0.3 is 0 Å². The van der Waals surface area contributed by atoms with Gasteiger partial charge in [-0.05, 0) is 49.4 Å². The van der Waals surface area contributed by atoms with Crippen molar-refractivity contribution in [3.8, 4) is 23.8 Å². The van der Waals surface area contributed by atoms with Gasteiger partial charge in [0.2, 0.25) is 0 Å². The Bertz CT molecular complexity index is 739. The largest absolute Gasteiger partial charge is 0.490 e. The molecule has 2 rings (SSSR count). The minimum absolute atomic E-state index is 0.0640. The Morgan fingerprint density at radius 1 is 1.33 bits per heavy atom. The molecule has 2 amide bonds. The summed E-state index contributed by atoms with van der Waals surface area (Å²) in [7, 11) is 0. The monoisotopic (exact) mass is 365 g/mol. The molecule has 1 saturated heterocycles. The number of rotatable bonds is 6. The number of terminal acetylenes is 1. The van der Waals surface area contributed by atoms with Gasteiger partial charge in [0.05, 0.1) is 16.5 Å². The van der Waals surface area contributed by atoms with Gasteiger partial charge in [0, 0.05) is 6.54 Å². The number of thioether (sulfide) groups is 1. The zero-order chi connectivity index (χ0) is 17.7. The third kappa shape index (κ3) is 3.86. The molecule has 1 fully saturated rings. The van der Waals surface area contributed by atoms with Crippen molar-refractivity contribution >= 4 is 40.6 Å². The molecule has 0 aliphatic carbocycles. The Hall–Kier alpha value is -2.10. The lowest BCUT2D eigenvalue weighted by Gasteiger charge is -2.13. The smallest absolute Gasteiger partial charge is 0.293 e. The van der Waals surface area contributed by atoms with E-state index in [1.807, 2.05) is 6.92 Å². The highest BCUT2D eigenvalue weighted by atomic mass is 35.5. The molecule has 0 spiro atoms. The Morgan fingerprint density at radius 3 is 2.67 bits per heavy atom. The first-order valence-electron chi connectivity index (χ1n) is 7.29. The van der Waals surface area contributed by atoms with Gasteiger partial charge in [-0.15, -0.1) is 6.42 Å². The van der Waals surface area contributed by atoms with Crippen LogP contribution in [0.3, 0.4) is 0 Å². The number of ether oxygens (including phenoxy) is 2. The van der Waals surface area contributed by atoms with Crippen molar-refractivity contribution in [2.45, 2.75) is 13.8 Å². The molecular formula is C17H16ClNO4S. The van der Waals surface area contributed by atoms with Crippen LogP contribution in [0.5, 0.6) is 11.5 Å². The Kier molecular flexibility index (Phi) is 6.18. The van der Waals surface area contributed by atoms with E-state index in [1.165, 1.54) is 4.90 Å². The van der Waals surface area contributed by atoms with Crippen molar-refractivity contribution in [3.05, 3.63) is 27.6 Å². The van der Waals surface area contributed by atoms with E-state index in [-0.39, 0.29) is 17.8 Å². The average Bonchev–Trinajstić information content (AvgIpc) is 2.80. The van der Waals surface area contributed by atoms with Gasteiger partial charge in [-0.3, -0.25) is 14.5 Å². The van der Waals surface area contributed by atoms with E-state index in [1.54, 1.807) is 25.1 Å². The first-order valence-corrected chi connectivity index (χ1v) is 8.49. The van der Waals surface area contributed by atoms with Gasteiger partial charge in [-0.1, -0.05) is 17.5 Å². The van der Waals surface area contributed by atoms with Gasteiger partial charge in [0.1, 0.15) is 6.61 Å². The molecule has 24 heavy (non-hydrogen) atoms. The summed E-state index contributed by atoms with van der Waals surface area (Å²) in [6.45, 7) is 4.40. The summed E-state index contributed by atoms with van der Waals surface area (Å²) in [4.78, 5) is 25.5.